The van der Waals surface area contributed by atoms with Crippen LogP contribution in [0.5, 0.6) is 0 Å². The largest absolute Gasteiger partial charge is 0.303 e. The number of aryl methyl sites for hydroxylation is 1. The average molecular weight is 259 g/mol. The molecule has 0 aliphatic carbocycles. The Morgan fingerprint density at radius 2 is 2.11 bits per heavy atom. The van der Waals surface area contributed by atoms with E-state index in [0.717, 1.165) is 6.54 Å². The van der Waals surface area contributed by atoms with E-state index >= 15 is 0 Å². The molecule has 19 heavy (non-hydrogen) atoms. The SMILES string of the molecule is c1cnn(CCCN2CCC(c3ccn[nH]3)CC2)c1. The summed E-state index contributed by atoms with van der Waals surface area (Å²) in [6.45, 7) is 4.59. The van der Waals surface area contributed by atoms with E-state index in [2.05, 4.69) is 26.3 Å². The first kappa shape index (κ1) is 12.4. The Bertz CT molecular complexity index is 451. The Hall–Kier alpha value is -1.62. The fourth-order valence-corrected chi connectivity index (χ4v) is 2.85. The van der Waals surface area contributed by atoms with E-state index in [1.807, 2.05) is 29.3 Å². The van der Waals surface area contributed by atoms with Gasteiger partial charge in [0, 0.05) is 36.7 Å². The standard InChI is InChI=1S/C14H21N5/c1-6-16-19(9-1)10-2-8-18-11-4-13(5-12-18)14-3-7-15-17-14/h1,3,6-7,9,13H,2,4-5,8,10-12H2,(H,15,17). The minimum Gasteiger partial charge on any atom is -0.303 e. The van der Waals surface area contributed by atoms with Crippen LogP contribution in [-0.4, -0.2) is 44.5 Å². The van der Waals surface area contributed by atoms with Crippen molar-refractivity contribution < 1.29 is 0 Å². The van der Waals surface area contributed by atoms with Crippen LogP contribution in [0.3, 0.4) is 0 Å². The zero-order valence-corrected chi connectivity index (χ0v) is 11.2. The molecule has 102 valence electrons. The molecule has 0 spiro atoms. The molecule has 0 unspecified atom stereocenters. The van der Waals surface area contributed by atoms with Crippen LogP contribution in [0.15, 0.2) is 30.7 Å². The Balaban J connectivity index is 1.38. The number of nitrogens with one attached hydrogen (secondary N) is 1. The molecule has 1 N–H and O–H groups in total. The lowest BCUT2D eigenvalue weighted by Crippen LogP contribution is -2.34. The van der Waals surface area contributed by atoms with Gasteiger partial charge in [0.15, 0.2) is 0 Å². The second kappa shape index (κ2) is 6.02. The minimum absolute atomic E-state index is 0.671. The van der Waals surface area contributed by atoms with Crippen LogP contribution < -0.4 is 0 Å². The molecule has 1 aliphatic rings. The van der Waals surface area contributed by atoms with Gasteiger partial charge in [-0.15, -0.1) is 0 Å². The van der Waals surface area contributed by atoms with Gasteiger partial charge in [-0.1, -0.05) is 0 Å². The number of aromatic nitrogens is 4. The first-order valence-electron chi connectivity index (χ1n) is 7.11. The first-order valence-corrected chi connectivity index (χ1v) is 7.11. The number of likely N-dealkylation sites (tertiary alicyclic amines) is 1. The quantitative estimate of drug-likeness (QED) is 0.892. The molecule has 2 aromatic heterocycles. The fraction of sp³-hybridized carbons (Fsp3) is 0.571. The zero-order valence-electron chi connectivity index (χ0n) is 11.2. The van der Waals surface area contributed by atoms with Crippen LogP contribution in [0.25, 0.3) is 0 Å². The molecule has 5 heteroatoms. The molecule has 0 amide bonds. The highest BCUT2D eigenvalue weighted by molar-refractivity contribution is 5.06. The van der Waals surface area contributed by atoms with Crippen molar-refractivity contribution in [2.45, 2.75) is 31.7 Å². The van der Waals surface area contributed by atoms with E-state index in [0.29, 0.717) is 5.92 Å². The maximum atomic E-state index is 4.23. The van der Waals surface area contributed by atoms with Crippen molar-refractivity contribution in [3.8, 4) is 0 Å². The summed E-state index contributed by atoms with van der Waals surface area (Å²) in [6, 6.07) is 4.09. The molecule has 5 nitrogen and oxygen atoms in total. The second-order valence-corrected chi connectivity index (χ2v) is 5.25. The second-order valence-electron chi connectivity index (χ2n) is 5.25. The number of aromatic amines is 1. The summed E-state index contributed by atoms with van der Waals surface area (Å²) in [5, 5.41) is 11.4. The lowest BCUT2D eigenvalue weighted by atomic mass is 9.93. The normalized spacial score (nSPS) is 17.9. The third-order valence-corrected chi connectivity index (χ3v) is 3.97. The first-order chi connectivity index (χ1) is 9.42. The topological polar surface area (TPSA) is 49.7 Å². The zero-order chi connectivity index (χ0) is 12.9. The van der Waals surface area contributed by atoms with Gasteiger partial charge in [0.2, 0.25) is 0 Å². The molecule has 3 rings (SSSR count). The van der Waals surface area contributed by atoms with E-state index in [1.165, 1.54) is 44.6 Å². The minimum atomic E-state index is 0.671. The average Bonchev–Trinajstić information content (AvgIpc) is 3.13. The van der Waals surface area contributed by atoms with Crippen LogP contribution in [0, 0.1) is 0 Å². The maximum Gasteiger partial charge on any atom is 0.0490 e. The highest BCUT2D eigenvalue weighted by Gasteiger charge is 2.20. The van der Waals surface area contributed by atoms with Gasteiger partial charge in [-0.3, -0.25) is 9.78 Å². The summed E-state index contributed by atoms with van der Waals surface area (Å²) in [7, 11) is 0. The predicted octanol–water partition coefficient (Wildman–Crippen LogP) is 1.88. The van der Waals surface area contributed by atoms with Crippen LogP contribution in [0.2, 0.25) is 0 Å². The van der Waals surface area contributed by atoms with E-state index in [9.17, 15) is 0 Å². The highest BCUT2D eigenvalue weighted by atomic mass is 15.3. The van der Waals surface area contributed by atoms with Crippen LogP contribution in [-0.2, 0) is 6.54 Å². The third kappa shape index (κ3) is 3.23. The van der Waals surface area contributed by atoms with Crippen molar-refractivity contribution in [2.24, 2.45) is 0 Å². The fourth-order valence-electron chi connectivity index (χ4n) is 2.85. The maximum absolute atomic E-state index is 4.23. The molecule has 0 atom stereocenters. The van der Waals surface area contributed by atoms with Gasteiger partial charge in [-0.2, -0.15) is 10.2 Å². The number of H-pyrrole nitrogens is 1. The predicted molar refractivity (Wildman–Crippen MR) is 73.8 cm³/mol. The lowest BCUT2D eigenvalue weighted by Gasteiger charge is -2.31. The van der Waals surface area contributed by atoms with Crippen molar-refractivity contribution in [2.75, 3.05) is 19.6 Å². The monoisotopic (exact) mass is 259 g/mol. The number of hydrogen-bond acceptors (Lipinski definition) is 3. The van der Waals surface area contributed by atoms with E-state index in [-0.39, 0.29) is 0 Å². The van der Waals surface area contributed by atoms with Gasteiger partial charge in [-0.25, -0.2) is 0 Å². The Morgan fingerprint density at radius 1 is 1.21 bits per heavy atom. The van der Waals surface area contributed by atoms with Gasteiger partial charge in [0.05, 0.1) is 0 Å². The van der Waals surface area contributed by atoms with Crippen molar-refractivity contribution in [1.82, 2.24) is 24.9 Å². The van der Waals surface area contributed by atoms with Crippen LogP contribution >= 0.6 is 0 Å². The molecule has 0 bridgehead atoms. The molecular formula is C14H21N5. The Morgan fingerprint density at radius 3 is 2.79 bits per heavy atom. The molecule has 0 aromatic carbocycles. The summed E-state index contributed by atoms with van der Waals surface area (Å²) in [6.07, 6.45) is 9.39. The van der Waals surface area contributed by atoms with Crippen molar-refractivity contribution in [1.29, 1.82) is 0 Å². The third-order valence-electron chi connectivity index (χ3n) is 3.97. The molecule has 1 saturated heterocycles. The summed E-state index contributed by atoms with van der Waals surface area (Å²) in [5.41, 5.74) is 1.30. The summed E-state index contributed by atoms with van der Waals surface area (Å²) in [5.74, 6) is 0.671. The van der Waals surface area contributed by atoms with Gasteiger partial charge < -0.3 is 4.90 Å². The number of hydrogen-bond donors (Lipinski definition) is 1. The number of piperidine rings is 1. The van der Waals surface area contributed by atoms with Gasteiger partial charge in [0.25, 0.3) is 0 Å². The summed E-state index contributed by atoms with van der Waals surface area (Å²) >= 11 is 0. The molecule has 0 saturated carbocycles. The highest BCUT2D eigenvalue weighted by Crippen LogP contribution is 2.26. The Kier molecular flexibility index (Phi) is 3.93. The van der Waals surface area contributed by atoms with Crippen LogP contribution in [0.1, 0.15) is 30.9 Å². The van der Waals surface area contributed by atoms with Crippen LogP contribution in [0.4, 0.5) is 0 Å². The van der Waals surface area contributed by atoms with Crippen molar-refractivity contribution in [3.63, 3.8) is 0 Å². The molecule has 3 heterocycles. The summed E-state index contributed by atoms with van der Waals surface area (Å²) < 4.78 is 2.01. The number of nitrogens with zero attached hydrogens (tertiary/aromatic N) is 4. The van der Waals surface area contributed by atoms with Gasteiger partial charge >= 0.3 is 0 Å². The van der Waals surface area contributed by atoms with Crippen molar-refractivity contribution in [3.05, 3.63) is 36.4 Å². The molecule has 0 radical (unpaired) electrons. The Labute approximate surface area is 113 Å². The van der Waals surface area contributed by atoms with Gasteiger partial charge in [-0.05, 0) is 51.0 Å². The van der Waals surface area contributed by atoms with Gasteiger partial charge in [0.1, 0.15) is 0 Å². The van der Waals surface area contributed by atoms with E-state index in [4.69, 9.17) is 0 Å². The lowest BCUT2D eigenvalue weighted by molar-refractivity contribution is 0.205. The smallest absolute Gasteiger partial charge is 0.0490 e. The summed E-state index contributed by atoms with van der Waals surface area (Å²) in [4.78, 5) is 2.57. The number of rotatable bonds is 5. The van der Waals surface area contributed by atoms with E-state index < -0.39 is 0 Å². The molecule has 2 aromatic rings. The molecular weight excluding hydrogens is 238 g/mol. The van der Waals surface area contributed by atoms with E-state index in [1.54, 1.807) is 0 Å². The molecule has 1 fully saturated rings. The molecule has 1 aliphatic heterocycles. The van der Waals surface area contributed by atoms with Crippen molar-refractivity contribution >= 4 is 0 Å².